The molecule has 4 N–H and O–H groups in total. The van der Waals surface area contributed by atoms with Crippen molar-refractivity contribution >= 4 is 23.8 Å². The van der Waals surface area contributed by atoms with Crippen molar-refractivity contribution in [2.75, 3.05) is 18.1 Å². The summed E-state index contributed by atoms with van der Waals surface area (Å²) in [5, 5.41) is 22.4. The molecule has 0 aromatic rings. The third-order valence-electron chi connectivity index (χ3n) is 2.30. The fourth-order valence-electron chi connectivity index (χ4n) is 1.36. The van der Waals surface area contributed by atoms with Gasteiger partial charge in [-0.05, 0) is 24.3 Å². The maximum absolute atomic E-state index is 11.3. The third kappa shape index (κ3) is 4.71. The van der Waals surface area contributed by atoms with Gasteiger partial charge in [-0.15, -0.1) is 0 Å². The lowest BCUT2D eigenvalue weighted by molar-refractivity contribution is -0.146. The first-order chi connectivity index (χ1) is 7.59. The number of thioether (sulfide) groups is 1. The molecule has 16 heavy (non-hydrogen) atoms. The Bertz CT molecular complexity index is 256. The molecule has 1 heterocycles. The number of carbonyl (C=O) groups excluding carboxylic acids is 1. The minimum atomic E-state index is -1.55. The van der Waals surface area contributed by atoms with Crippen molar-refractivity contribution < 1.29 is 19.8 Å². The summed E-state index contributed by atoms with van der Waals surface area (Å²) in [6, 6.07) is -0.263. The highest BCUT2D eigenvalue weighted by Crippen LogP contribution is 2.16. The molecule has 0 aliphatic carbocycles. The smallest absolute Gasteiger partial charge is 0.334 e. The predicted molar refractivity (Wildman–Crippen MR) is 60.5 cm³/mol. The van der Waals surface area contributed by atoms with Crippen LogP contribution in [-0.2, 0) is 4.79 Å². The molecule has 1 rings (SSSR count). The number of hydrogen-bond donors (Lipinski definition) is 4. The SMILES string of the molecule is O=C(NC[C@H](O)C(=O)O)NC1CCSCC1. The van der Waals surface area contributed by atoms with Crippen LogP contribution in [0.3, 0.4) is 0 Å². The molecule has 0 aromatic heterocycles. The van der Waals surface area contributed by atoms with Crippen LogP contribution in [0.15, 0.2) is 0 Å². The van der Waals surface area contributed by atoms with E-state index in [0.717, 1.165) is 24.3 Å². The highest BCUT2D eigenvalue weighted by Gasteiger charge is 2.17. The van der Waals surface area contributed by atoms with Gasteiger partial charge in [0.1, 0.15) is 0 Å². The Labute approximate surface area is 97.8 Å². The van der Waals surface area contributed by atoms with Crippen LogP contribution in [0, 0.1) is 0 Å². The number of aliphatic hydroxyl groups is 1. The van der Waals surface area contributed by atoms with E-state index in [9.17, 15) is 9.59 Å². The number of amides is 2. The van der Waals surface area contributed by atoms with Gasteiger partial charge in [0, 0.05) is 6.04 Å². The molecular weight excluding hydrogens is 232 g/mol. The van der Waals surface area contributed by atoms with Crippen molar-refractivity contribution in [2.45, 2.75) is 25.0 Å². The van der Waals surface area contributed by atoms with Crippen LogP contribution in [0.1, 0.15) is 12.8 Å². The molecule has 0 radical (unpaired) electrons. The van der Waals surface area contributed by atoms with Crippen molar-refractivity contribution in [1.29, 1.82) is 0 Å². The van der Waals surface area contributed by atoms with Crippen molar-refractivity contribution in [3.8, 4) is 0 Å². The Morgan fingerprint density at radius 1 is 1.38 bits per heavy atom. The summed E-state index contributed by atoms with van der Waals surface area (Å²) < 4.78 is 0. The number of carboxylic acid groups (broad SMARTS) is 1. The van der Waals surface area contributed by atoms with Crippen LogP contribution in [0.25, 0.3) is 0 Å². The summed E-state index contributed by atoms with van der Waals surface area (Å²) in [5.41, 5.74) is 0. The number of rotatable bonds is 4. The van der Waals surface area contributed by atoms with Gasteiger partial charge in [0.15, 0.2) is 6.10 Å². The molecule has 1 saturated heterocycles. The van der Waals surface area contributed by atoms with Crippen LogP contribution in [0.4, 0.5) is 4.79 Å². The minimum Gasteiger partial charge on any atom is -0.479 e. The van der Waals surface area contributed by atoms with E-state index in [2.05, 4.69) is 10.6 Å². The first kappa shape index (κ1) is 13.1. The molecule has 0 spiro atoms. The molecule has 2 amide bonds. The van der Waals surface area contributed by atoms with Gasteiger partial charge in [0.05, 0.1) is 6.54 Å². The summed E-state index contributed by atoms with van der Waals surface area (Å²) >= 11 is 1.86. The number of carbonyl (C=O) groups is 2. The third-order valence-corrected chi connectivity index (χ3v) is 3.35. The average Bonchev–Trinajstić information content (AvgIpc) is 2.27. The first-order valence-electron chi connectivity index (χ1n) is 5.12. The predicted octanol–water partition coefficient (Wildman–Crippen LogP) is -0.373. The van der Waals surface area contributed by atoms with E-state index in [4.69, 9.17) is 10.2 Å². The normalized spacial score (nSPS) is 18.8. The molecule has 1 fully saturated rings. The van der Waals surface area contributed by atoms with Gasteiger partial charge in [0.25, 0.3) is 0 Å². The van der Waals surface area contributed by atoms with Crippen LogP contribution in [0.5, 0.6) is 0 Å². The lowest BCUT2D eigenvalue weighted by Crippen LogP contribution is -2.46. The van der Waals surface area contributed by atoms with Gasteiger partial charge in [-0.25, -0.2) is 9.59 Å². The highest BCUT2D eigenvalue weighted by atomic mass is 32.2. The lowest BCUT2D eigenvalue weighted by atomic mass is 10.2. The Morgan fingerprint density at radius 3 is 2.56 bits per heavy atom. The van der Waals surface area contributed by atoms with E-state index in [-0.39, 0.29) is 12.6 Å². The Morgan fingerprint density at radius 2 is 2.00 bits per heavy atom. The number of aliphatic hydroxyl groups excluding tert-OH is 1. The van der Waals surface area contributed by atoms with Crippen molar-refractivity contribution in [1.82, 2.24) is 10.6 Å². The number of urea groups is 1. The monoisotopic (exact) mass is 248 g/mol. The van der Waals surface area contributed by atoms with Crippen LogP contribution < -0.4 is 10.6 Å². The number of nitrogens with one attached hydrogen (secondary N) is 2. The van der Waals surface area contributed by atoms with E-state index >= 15 is 0 Å². The van der Waals surface area contributed by atoms with Gasteiger partial charge in [-0.1, -0.05) is 0 Å². The largest absolute Gasteiger partial charge is 0.479 e. The molecule has 0 aromatic carbocycles. The van der Waals surface area contributed by atoms with E-state index in [1.54, 1.807) is 0 Å². The molecule has 0 bridgehead atoms. The maximum atomic E-state index is 11.3. The van der Waals surface area contributed by atoms with Gasteiger partial charge in [-0.3, -0.25) is 0 Å². The van der Waals surface area contributed by atoms with E-state index in [0.29, 0.717) is 0 Å². The summed E-state index contributed by atoms with van der Waals surface area (Å²) in [6.45, 7) is -0.275. The molecule has 6 nitrogen and oxygen atoms in total. The quantitative estimate of drug-likeness (QED) is 0.544. The van der Waals surface area contributed by atoms with Crippen molar-refractivity contribution in [3.63, 3.8) is 0 Å². The lowest BCUT2D eigenvalue weighted by Gasteiger charge is -2.22. The highest BCUT2D eigenvalue weighted by molar-refractivity contribution is 7.99. The van der Waals surface area contributed by atoms with Gasteiger partial charge < -0.3 is 20.8 Å². The van der Waals surface area contributed by atoms with Crippen LogP contribution >= 0.6 is 11.8 Å². The van der Waals surface area contributed by atoms with Gasteiger partial charge in [0.2, 0.25) is 0 Å². The van der Waals surface area contributed by atoms with Gasteiger partial charge in [-0.2, -0.15) is 11.8 Å². The standard InChI is InChI=1S/C9H16N2O4S/c12-7(8(13)14)5-10-9(15)11-6-1-3-16-4-2-6/h6-7,12H,1-5H2,(H,13,14)(H2,10,11,15)/t7-/m0/s1. The summed E-state index contributed by atoms with van der Waals surface area (Å²) in [5.74, 6) is 0.722. The van der Waals surface area contributed by atoms with Crippen LogP contribution in [-0.4, -0.2) is 52.4 Å². The topological polar surface area (TPSA) is 98.7 Å². The van der Waals surface area contributed by atoms with Crippen molar-refractivity contribution in [3.05, 3.63) is 0 Å². The number of carboxylic acids is 1. The Kier molecular flexibility index (Phi) is 5.41. The average molecular weight is 248 g/mol. The summed E-state index contributed by atoms with van der Waals surface area (Å²) in [6.07, 6.45) is 0.312. The van der Waals surface area contributed by atoms with Crippen LogP contribution in [0.2, 0.25) is 0 Å². The Balaban J connectivity index is 2.17. The molecule has 0 saturated carbocycles. The van der Waals surface area contributed by atoms with E-state index in [1.807, 2.05) is 11.8 Å². The molecule has 1 aliphatic rings. The molecule has 92 valence electrons. The minimum absolute atomic E-state index is 0.156. The summed E-state index contributed by atoms with van der Waals surface area (Å²) in [4.78, 5) is 21.6. The molecule has 1 atom stereocenters. The fraction of sp³-hybridized carbons (Fsp3) is 0.778. The zero-order valence-electron chi connectivity index (χ0n) is 8.81. The zero-order chi connectivity index (χ0) is 12.0. The second-order valence-electron chi connectivity index (χ2n) is 3.60. The molecule has 7 heteroatoms. The molecule has 1 aliphatic heterocycles. The Hall–Kier alpha value is -0.950. The second-order valence-corrected chi connectivity index (χ2v) is 4.82. The zero-order valence-corrected chi connectivity index (χ0v) is 9.63. The van der Waals surface area contributed by atoms with E-state index < -0.39 is 18.1 Å². The fourth-order valence-corrected chi connectivity index (χ4v) is 2.46. The molecular formula is C9H16N2O4S. The van der Waals surface area contributed by atoms with Gasteiger partial charge >= 0.3 is 12.0 Å². The number of aliphatic carboxylic acids is 1. The number of hydrogen-bond acceptors (Lipinski definition) is 4. The second kappa shape index (κ2) is 6.59. The van der Waals surface area contributed by atoms with Crippen molar-refractivity contribution in [2.24, 2.45) is 0 Å². The molecule has 0 unspecified atom stereocenters. The maximum Gasteiger partial charge on any atom is 0.334 e. The first-order valence-corrected chi connectivity index (χ1v) is 6.28. The summed E-state index contributed by atoms with van der Waals surface area (Å²) in [7, 11) is 0. The van der Waals surface area contributed by atoms with E-state index in [1.165, 1.54) is 0 Å².